The molecule has 5 heteroatoms. The van der Waals surface area contributed by atoms with Gasteiger partial charge in [-0.25, -0.2) is 0 Å². The van der Waals surface area contributed by atoms with Crippen molar-refractivity contribution >= 4 is 17.7 Å². The summed E-state index contributed by atoms with van der Waals surface area (Å²) in [5.74, 6) is 1.55. The van der Waals surface area contributed by atoms with Gasteiger partial charge in [0.1, 0.15) is 5.76 Å². The van der Waals surface area contributed by atoms with Crippen molar-refractivity contribution in [3.8, 4) is 0 Å². The third kappa shape index (κ3) is 1.67. The van der Waals surface area contributed by atoms with Gasteiger partial charge in [-0.1, -0.05) is 6.08 Å². The number of hydrogen-bond acceptors (Lipinski definition) is 4. The summed E-state index contributed by atoms with van der Waals surface area (Å²) in [5, 5.41) is 2.46. The van der Waals surface area contributed by atoms with Gasteiger partial charge in [0.2, 0.25) is 0 Å². The summed E-state index contributed by atoms with van der Waals surface area (Å²) >= 11 is 1.77. The Balaban J connectivity index is 1.36. The summed E-state index contributed by atoms with van der Waals surface area (Å²) in [4.78, 5) is 17.5. The molecular weight excluding hydrogens is 296 g/mol. The highest BCUT2D eigenvalue weighted by molar-refractivity contribution is 8.02. The van der Waals surface area contributed by atoms with E-state index in [2.05, 4.69) is 21.3 Å². The molecule has 116 valence electrons. The zero-order valence-corrected chi connectivity index (χ0v) is 13.3. The standard InChI is InChI=1S/C17H20N2O2S/c20-16(13-4-3-12(21-13)14-2-1-11-22-14)19-10-9-18-8-7-17(18)6-5-15(17)19/h1,3-4,11,14-15H,2,5-10H2. The summed E-state index contributed by atoms with van der Waals surface area (Å²) < 4.78 is 5.90. The molecule has 1 aromatic rings. The Morgan fingerprint density at radius 1 is 1.27 bits per heavy atom. The quantitative estimate of drug-likeness (QED) is 0.840. The second-order valence-corrected chi connectivity index (χ2v) is 7.94. The van der Waals surface area contributed by atoms with E-state index in [0.717, 1.165) is 31.7 Å². The molecule has 1 aliphatic carbocycles. The van der Waals surface area contributed by atoms with Crippen LogP contribution < -0.4 is 0 Å². The number of rotatable bonds is 2. The van der Waals surface area contributed by atoms with Crippen LogP contribution in [0.2, 0.25) is 0 Å². The van der Waals surface area contributed by atoms with Gasteiger partial charge in [-0.05, 0) is 43.2 Å². The molecule has 3 fully saturated rings. The molecule has 4 heterocycles. The van der Waals surface area contributed by atoms with Crippen LogP contribution in [0.5, 0.6) is 0 Å². The molecule has 1 saturated carbocycles. The maximum absolute atomic E-state index is 12.9. The minimum atomic E-state index is 0.0952. The third-order valence-electron chi connectivity index (χ3n) is 6.01. The predicted molar refractivity (Wildman–Crippen MR) is 85.8 cm³/mol. The average Bonchev–Trinajstić information content (AvgIpc) is 3.12. The Kier molecular flexibility index (Phi) is 2.80. The molecule has 0 N–H and O–H groups in total. The molecule has 3 atom stereocenters. The molecule has 3 aliphatic heterocycles. The number of amides is 1. The van der Waals surface area contributed by atoms with Crippen molar-refractivity contribution in [1.29, 1.82) is 0 Å². The Morgan fingerprint density at radius 2 is 2.23 bits per heavy atom. The fourth-order valence-corrected chi connectivity index (χ4v) is 5.48. The SMILES string of the molecule is O=C(c1ccc(C2CC=CS2)o1)N1CCN2CCC23CCC13. The van der Waals surface area contributed by atoms with E-state index in [9.17, 15) is 4.79 Å². The van der Waals surface area contributed by atoms with Gasteiger partial charge in [0, 0.05) is 25.2 Å². The van der Waals surface area contributed by atoms with Crippen LogP contribution in [0.1, 0.15) is 47.2 Å². The first kappa shape index (κ1) is 13.3. The van der Waals surface area contributed by atoms with Gasteiger partial charge >= 0.3 is 0 Å². The van der Waals surface area contributed by atoms with Gasteiger partial charge in [-0.3, -0.25) is 9.69 Å². The Bertz CT molecular complexity index is 643. The molecule has 2 saturated heterocycles. The second kappa shape index (κ2) is 4.65. The molecule has 0 aromatic carbocycles. The average molecular weight is 316 g/mol. The van der Waals surface area contributed by atoms with Gasteiger partial charge in [-0.15, -0.1) is 11.8 Å². The van der Waals surface area contributed by atoms with Crippen molar-refractivity contribution in [2.45, 2.75) is 42.5 Å². The van der Waals surface area contributed by atoms with Crippen LogP contribution in [-0.4, -0.2) is 46.9 Å². The van der Waals surface area contributed by atoms with E-state index in [1.807, 2.05) is 12.1 Å². The van der Waals surface area contributed by atoms with Crippen LogP contribution in [0.3, 0.4) is 0 Å². The summed E-state index contributed by atoms with van der Waals surface area (Å²) in [6.45, 7) is 3.09. The summed E-state index contributed by atoms with van der Waals surface area (Å²) in [6, 6.07) is 4.27. The number of piperazine rings is 1. The number of thioether (sulfide) groups is 1. The smallest absolute Gasteiger partial charge is 0.289 e. The zero-order valence-electron chi connectivity index (χ0n) is 12.5. The van der Waals surface area contributed by atoms with Crippen LogP contribution >= 0.6 is 11.8 Å². The first-order valence-corrected chi connectivity index (χ1v) is 9.18. The lowest BCUT2D eigenvalue weighted by Gasteiger charge is -2.68. The number of carbonyl (C=O) groups excluding carboxylic acids is 1. The topological polar surface area (TPSA) is 36.7 Å². The Hall–Kier alpha value is -1.20. The van der Waals surface area contributed by atoms with E-state index in [1.54, 1.807) is 11.8 Å². The van der Waals surface area contributed by atoms with E-state index < -0.39 is 0 Å². The fraction of sp³-hybridized carbons (Fsp3) is 0.588. The lowest BCUT2D eigenvalue weighted by atomic mass is 9.61. The molecule has 22 heavy (non-hydrogen) atoms. The first-order chi connectivity index (χ1) is 10.8. The monoisotopic (exact) mass is 316 g/mol. The number of carbonyl (C=O) groups is 1. The zero-order chi connectivity index (χ0) is 14.7. The number of nitrogens with zero attached hydrogens (tertiary/aromatic N) is 2. The van der Waals surface area contributed by atoms with Crippen LogP contribution in [0.4, 0.5) is 0 Å². The van der Waals surface area contributed by atoms with E-state index in [0.29, 0.717) is 22.6 Å². The third-order valence-corrected chi connectivity index (χ3v) is 7.11. The Labute approximate surface area is 134 Å². The molecule has 5 rings (SSSR count). The molecule has 1 aromatic heterocycles. The van der Waals surface area contributed by atoms with Crippen molar-refractivity contribution in [2.24, 2.45) is 0 Å². The highest BCUT2D eigenvalue weighted by atomic mass is 32.2. The van der Waals surface area contributed by atoms with Crippen molar-refractivity contribution in [3.63, 3.8) is 0 Å². The largest absolute Gasteiger partial charge is 0.455 e. The van der Waals surface area contributed by atoms with E-state index in [-0.39, 0.29) is 5.91 Å². The van der Waals surface area contributed by atoms with Gasteiger partial charge < -0.3 is 9.32 Å². The van der Waals surface area contributed by atoms with Crippen LogP contribution in [0.25, 0.3) is 0 Å². The highest BCUT2D eigenvalue weighted by Gasteiger charge is 2.61. The van der Waals surface area contributed by atoms with Crippen molar-refractivity contribution in [3.05, 3.63) is 35.1 Å². The predicted octanol–water partition coefficient (Wildman–Crippen LogP) is 3.03. The number of furan rings is 1. The molecule has 4 nitrogen and oxygen atoms in total. The molecule has 0 radical (unpaired) electrons. The minimum absolute atomic E-state index is 0.0952. The van der Waals surface area contributed by atoms with Crippen molar-refractivity contribution < 1.29 is 9.21 Å². The van der Waals surface area contributed by atoms with Gasteiger partial charge in [-0.2, -0.15) is 0 Å². The summed E-state index contributed by atoms with van der Waals surface area (Å²) in [7, 11) is 0. The molecule has 3 unspecified atom stereocenters. The normalized spacial score (nSPS) is 36.5. The maximum Gasteiger partial charge on any atom is 0.289 e. The summed E-state index contributed by atoms with van der Waals surface area (Å²) in [5.41, 5.74) is 0.328. The lowest BCUT2D eigenvalue weighted by molar-refractivity contribution is -0.161. The highest BCUT2D eigenvalue weighted by Crippen LogP contribution is 2.51. The molecule has 4 aliphatic rings. The number of hydrogen-bond donors (Lipinski definition) is 0. The molecule has 1 amide bonds. The van der Waals surface area contributed by atoms with E-state index in [4.69, 9.17) is 4.42 Å². The van der Waals surface area contributed by atoms with Crippen molar-refractivity contribution in [2.75, 3.05) is 19.6 Å². The second-order valence-electron chi connectivity index (χ2n) is 6.83. The first-order valence-electron chi connectivity index (χ1n) is 8.24. The molecular formula is C17H20N2O2S. The number of allylic oxidation sites excluding steroid dienone is 1. The van der Waals surface area contributed by atoms with Gasteiger partial charge in [0.15, 0.2) is 5.76 Å². The minimum Gasteiger partial charge on any atom is -0.455 e. The molecule has 1 spiro atoms. The van der Waals surface area contributed by atoms with Crippen LogP contribution in [0.15, 0.2) is 28.0 Å². The van der Waals surface area contributed by atoms with Crippen LogP contribution in [-0.2, 0) is 0 Å². The van der Waals surface area contributed by atoms with E-state index >= 15 is 0 Å². The maximum atomic E-state index is 12.9. The van der Waals surface area contributed by atoms with Crippen molar-refractivity contribution in [1.82, 2.24) is 9.80 Å². The lowest BCUT2D eigenvalue weighted by Crippen LogP contribution is -2.79. The van der Waals surface area contributed by atoms with Crippen LogP contribution in [0, 0.1) is 0 Å². The Morgan fingerprint density at radius 3 is 2.91 bits per heavy atom. The molecule has 0 bridgehead atoms. The van der Waals surface area contributed by atoms with Gasteiger partial charge in [0.05, 0.1) is 11.3 Å². The van der Waals surface area contributed by atoms with E-state index in [1.165, 1.54) is 19.4 Å². The van der Waals surface area contributed by atoms with Gasteiger partial charge in [0.25, 0.3) is 5.91 Å². The summed E-state index contributed by atoms with van der Waals surface area (Å²) in [6.07, 6.45) is 6.83. The fourth-order valence-electron chi connectivity index (χ4n) is 4.58.